The Balaban J connectivity index is 0.000000252. The number of carbonyl (C=O) groups is 1. The van der Waals surface area contributed by atoms with Gasteiger partial charge in [-0.2, -0.15) is 0 Å². The molecule has 5 nitrogen and oxygen atoms in total. The Morgan fingerprint density at radius 1 is 1.00 bits per heavy atom. The van der Waals surface area contributed by atoms with Crippen molar-refractivity contribution < 1.29 is 14.6 Å². The number of hydrogen-bond acceptors (Lipinski definition) is 5. The second kappa shape index (κ2) is 9.05. The van der Waals surface area contributed by atoms with E-state index in [1.54, 1.807) is 18.3 Å². The number of nitrogens with zero attached hydrogens (tertiary/aromatic N) is 2. The zero-order valence-electron chi connectivity index (χ0n) is 16.4. The van der Waals surface area contributed by atoms with Crippen molar-refractivity contribution in [2.24, 2.45) is 0 Å². The quantitative estimate of drug-likeness (QED) is 0.652. The summed E-state index contributed by atoms with van der Waals surface area (Å²) < 4.78 is 5.56. The monoisotopic (exact) mass is 410 g/mol. The normalized spacial score (nSPS) is 13.8. The molecule has 6 heteroatoms. The first kappa shape index (κ1) is 20.8. The maximum absolute atomic E-state index is 12.5. The van der Waals surface area contributed by atoms with Crippen molar-refractivity contribution in [2.45, 2.75) is 32.1 Å². The fourth-order valence-corrected chi connectivity index (χ4v) is 3.04. The molecule has 0 bridgehead atoms. The van der Waals surface area contributed by atoms with Gasteiger partial charge in [0.15, 0.2) is 5.78 Å². The highest BCUT2D eigenvalue weighted by Crippen LogP contribution is 2.49. The molecule has 3 aromatic rings. The van der Waals surface area contributed by atoms with Crippen molar-refractivity contribution in [3.63, 3.8) is 0 Å². The number of halogens is 1. The highest BCUT2D eigenvalue weighted by Gasteiger charge is 2.50. The van der Waals surface area contributed by atoms with Gasteiger partial charge in [0.25, 0.3) is 0 Å². The van der Waals surface area contributed by atoms with E-state index in [-0.39, 0.29) is 23.6 Å². The van der Waals surface area contributed by atoms with Crippen molar-refractivity contribution >= 4 is 17.4 Å². The predicted octanol–water partition coefficient (Wildman–Crippen LogP) is 4.82. The van der Waals surface area contributed by atoms with E-state index in [1.165, 1.54) is 6.20 Å². The van der Waals surface area contributed by atoms with Gasteiger partial charge in [-0.05, 0) is 68.7 Å². The molecule has 2 heterocycles. The number of aryl methyl sites for hydroxylation is 2. The molecule has 1 aliphatic rings. The Kier molecular flexibility index (Phi) is 6.49. The summed E-state index contributed by atoms with van der Waals surface area (Å²) in [6.45, 7) is 3.86. The van der Waals surface area contributed by atoms with Crippen molar-refractivity contribution in [3.8, 4) is 11.5 Å². The zero-order valence-corrected chi connectivity index (χ0v) is 17.2. The van der Waals surface area contributed by atoms with Crippen LogP contribution in [0, 0.1) is 13.8 Å². The summed E-state index contributed by atoms with van der Waals surface area (Å²) >= 11 is 5.90. The standard InChI is InChI=1S/C17H16ClNO2.C6H7NO/c1-12-2-7-15(10-19-12)21-11-16(20)17(8-9-17)13-3-5-14(18)6-4-13;1-5-2-3-6(8)4-7-5/h2-7,10H,8-9,11H2,1H3;2-4,8H,1H3. The summed E-state index contributed by atoms with van der Waals surface area (Å²) in [5.41, 5.74) is 2.50. The molecule has 0 aliphatic heterocycles. The molecule has 2 aromatic heterocycles. The van der Waals surface area contributed by atoms with Gasteiger partial charge in [-0.3, -0.25) is 14.8 Å². The average Bonchev–Trinajstić information content (AvgIpc) is 3.53. The van der Waals surface area contributed by atoms with E-state index < -0.39 is 0 Å². The molecule has 1 fully saturated rings. The molecule has 29 heavy (non-hydrogen) atoms. The fourth-order valence-electron chi connectivity index (χ4n) is 2.91. The van der Waals surface area contributed by atoms with E-state index in [9.17, 15) is 4.79 Å². The van der Waals surface area contributed by atoms with Gasteiger partial charge < -0.3 is 9.84 Å². The average molecular weight is 411 g/mol. The fraction of sp³-hybridized carbons (Fsp3) is 0.261. The maximum Gasteiger partial charge on any atom is 0.180 e. The first-order valence-electron chi connectivity index (χ1n) is 9.35. The zero-order chi connectivity index (χ0) is 20.9. The minimum atomic E-state index is -0.372. The number of rotatable bonds is 5. The number of ketones is 1. The van der Waals surface area contributed by atoms with Gasteiger partial charge in [-0.25, -0.2) is 0 Å². The number of ether oxygens (including phenoxy) is 1. The molecular weight excluding hydrogens is 388 g/mol. The summed E-state index contributed by atoms with van der Waals surface area (Å²) in [4.78, 5) is 20.5. The van der Waals surface area contributed by atoms with E-state index >= 15 is 0 Å². The minimum absolute atomic E-state index is 0.0768. The molecule has 1 saturated carbocycles. The van der Waals surface area contributed by atoms with Crippen molar-refractivity contribution in [3.05, 3.63) is 82.9 Å². The largest absolute Gasteiger partial charge is 0.506 e. The smallest absolute Gasteiger partial charge is 0.180 e. The third-order valence-electron chi connectivity index (χ3n) is 4.83. The number of pyridine rings is 2. The lowest BCUT2D eigenvalue weighted by molar-refractivity contribution is -0.123. The molecule has 0 radical (unpaired) electrons. The third-order valence-corrected chi connectivity index (χ3v) is 5.08. The van der Waals surface area contributed by atoms with Crippen LogP contribution in [0.2, 0.25) is 5.02 Å². The first-order chi connectivity index (χ1) is 13.9. The lowest BCUT2D eigenvalue weighted by Crippen LogP contribution is -2.26. The van der Waals surface area contributed by atoms with Gasteiger partial charge in [-0.15, -0.1) is 0 Å². The SMILES string of the molecule is Cc1ccc(O)cn1.Cc1ccc(OCC(=O)C2(c3ccc(Cl)cc3)CC2)cn1. The van der Waals surface area contributed by atoms with Crippen LogP contribution in [0.25, 0.3) is 0 Å². The Labute approximate surface area is 175 Å². The number of hydrogen-bond donors (Lipinski definition) is 1. The predicted molar refractivity (Wildman–Crippen MR) is 112 cm³/mol. The van der Waals surface area contributed by atoms with Crippen LogP contribution in [0.4, 0.5) is 0 Å². The highest BCUT2D eigenvalue weighted by molar-refractivity contribution is 6.30. The van der Waals surface area contributed by atoms with Crippen LogP contribution in [0.3, 0.4) is 0 Å². The van der Waals surface area contributed by atoms with Gasteiger partial charge in [-0.1, -0.05) is 23.7 Å². The number of aromatic hydroxyl groups is 1. The van der Waals surface area contributed by atoms with Crippen molar-refractivity contribution in [1.82, 2.24) is 9.97 Å². The van der Waals surface area contributed by atoms with Crippen LogP contribution < -0.4 is 4.74 Å². The molecule has 0 saturated heterocycles. The molecule has 0 atom stereocenters. The first-order valence-corrected chi connectivity index (χ1v) is 9.73. The molecule has 150 valence electrons. The van der Waals surface area contributed by atoms with E-state index in [2.05, 4.69) is 9.97 Å². The summed E-state index contributed by atoms with van der Waals surface area (Å²) in [5, 5.41) is 9.38. The van der Waals surface area contributed by atoms with E-state index in [0.717, 1.165) is 29.8 Å². The number of carbonyl (C=O) groups excluding carboxylic acids is 1. The Morgan fingerprint density at radius 3 is 2.10 bits per heavy atom. The van der Waals surface area contributed by atoms with Crippen LogP contribution in [0.15, 0.2) is 60.9 Å². The van der Waals surface area contributed by atoms with E-state index in [4.69, 9.17) is 21.4 Å². The lowest BCUT2D eigenvalue weighted by atomic mass is 9.92. The van der Waals surface area contributed by atoms with Gasteiger partial charge in [0.1, 0.15) is 18.1 Å². The summed E-state index contributed by atoms with van der Waals surface area (Å²) in [6.07, 6.45) is 4.83. The van der Waals surface area contributed by atoms with Crippen LogP contribution in [0.5, 0.6) is 11.5 Å². The Hall–Kier alpha value is -2.92. The molecule has 0 spiro atoms. The third kappa shape index (κ3) is 5.55. The number of benzene rings is 1. The summed E-state index contributed by atoms with van der Waals surface area (Å²) in [5.74, 6) is 0.960. The Morgan fingerprint density at radius 2 is 1.62 bits per heavy atom. The van der Waals surface area contributed by atoms with E-state index in [1.807, 2.05) is 50.2 Å². The molecule has 1 aliphatic carbocycles. The second-order valence-corrected chi connectivity index (χ2v) is 7.53. The second-order valence-electron chi connectivity index (χ2n) is 7.09. The summed E-state index contributed by atoms with van der Waals surface area (Å²) in [6, 6.07) is 14.6. The molecule has 4 rings (SSSR count). The van der Waals surface area contributed by atoms with Crippen LogP contribution in [-0.4, -0.2) is 27.5 Å². The minimum Gasteiger partial charge on any atom is -0.506 e. The molecule has 1 aromatic carbocycles. The molecule has 0 unspecified atom stereocenters. The maximum atomic E-state index is 12.5. The topological polar surface area (TPSA) is 72.3 Å². The summed E-state index contributed by atoms with van der Waals surface area (Å²) in [7, 11) is 0. The van der Waals surface area contributed by atoms with E-state index in [0.29, 0.717) is 10.8 Å². The van der Waals surface area contributed by atoms with Gasteiger partial charge in [0.05, 0.1) is 17.8 Å². The molecule has 1 N–H and O–H groups in total. The van der Waals surface area contributed by atoms with Crippen molar-refractivity contribution in [1.29, 1.82) is 0 Å². The van der Waals surface area contributed by atoms with Crippen LogP contribution in [-0.2, 0) is 10.2 Å². The molecular formula is C23H23ClN2O3. The van der Waals surface area contributed by atoms with Crippen LogP contribution >= 0.6 is 11.6 Å². The number of aromatic nitrogens is 2. The van der Waals surface area contributed by atoms with Gasteiger partial charge in [0, 0.05) is 16.4 Å². The Bertz CT molecular complexity index is 930. The van der Waals surface area contributed by atoms with Crippen molar-refractivity contribution in [2.75, 3.05) is 6.61 Å². The van der Waals surface area contributed by atoms with Gasteiger partial charge >= 0.3 is 0 Å². The lowest BCUT2D eigenvalue weighted by Gasteiger charge is -2.15. The highest BCUT2D eigenvalue weighted by atomic mass is 35.5. The number of Topliss-reactive ketones (excluding diaryl/α,β-unsaturated/α-hetero) is 1. The van der Waals surface area contributed by atoms with Crippen LogP contribution in [0.1, 0.15) is 29.8 Å². The molecule has 0 amide bonds. The van der Waals surface area contributed by atoms with Gasteiger partial charge in [0.2, 0.25) is 0 Å².